The van der Waals surface area contributed by atoms with Gasteiger partial charge in [-0.05, 0) is 29.5 Å². The number of halogens is 2. The summed E-state index contributed by atoms with van der Waals surface area (Å²) >= 11 is 0. The largest absolute Gasteiger partial charge is 0.494 e. The summed E-state index contributed by atoms with van der Waals surface area (Å²) in [5.41, 5.74) is 0.594. The third-order valence-corrected chi connectivity index (χ3v) is 5.03. The third kappa shape index (κ3) is 9.59. The maximum atomic E-state index is 13.8. The first-order valence-electron chi connectivity index (χ1n) is 8.39. The Morgan fingerprint density at radius 1 is 1.37 bits per heavy atom. The molecule has 156 valence electrons. The average molecular weight is 515 g/mol. The van der Waals surface area contributed by atoms with Crippen molar-refractivity contribution in [1.29, 1.82) is 0 Å². The molecule has 1 aromatic rings. The van der Waals surface area contributed by atoms with Gasteiger partial charge in [-0.2, -0.15) is 0 Å². The normalized spacial score (nSPS) is 12.3. The fourth-order valence-electron chi connectivity index (χ4n) is 2.41. The lowest BCUT2D eigenvalue weighted by molar-refractivity contribution is 0.340. The van der Waals surface area contributed by atoms with Crippen LogP contribution in [0.15, 0.2) is 23.2 Å². The Hall–Kier alpha value is -1.10. The summed E-state index contributed by atoms with van der Waals surface area (Å²) in [6.45, 7) is 5.08. The van der Waals surface area contributed by atoms with Crippen LogP contribution >= 0.6 is 24.0 Å². The summed E-state index contributed by atoms with van der Waals surface area (Å²) in [6.07, 6.45) is 1.81. The van der Waals surface area contributed by atoms with Crippen LogP contribution in [0.4, 0.5) is 4.39 Å². The second-order valence-corrected chi connectivity index (χ2v) is 9.53. The molecule has 0 spiro atoms. The van der Waals surface area contributed by atoms with E-state index in [4.69, 9.17) is 4.74 Å². The Labute approximate surface area is 179 Å². The molecule has 9 heteroatoms. The average Bonchev–Trinajstić information content (AvgIpc) is 2.53. The van der Waals surface area contributed by atoms with E-state index in [1.807, 2.05) is 31.9 Å². The van der Waals surface area contributed by atoms with Crippen molar-refractivity contribution < 1.29 is 17.5 Å². The molecule has 0 fully saturated rings. The zero-order valence-corrected chi connectivity index (χ0v) is 20.0. The number of aliphatic imine (C=N–C) groups is 1. The molecular weight excluding hydrogens is 484 g/mol. The predicted octanol–water partition coefficient (Wildman–Crippen LogP) is 2.92. The zero-order valence-electron chi connectivity index (χ0n) is 16.9. The molecule has 27 heavy (non-hydrogen) atoms. The van der Waals surface area contributed by atoms with Gasteiger partial charge >= 0.3 is 0 Å². The lowest BCUT2D eigenvalue weighted by atomic mass is 9.90. The summed E-state index contributed by atoms with van der Waals surface area (Å²) in [5.74, 6) is 0.629. The highest BCUT2D eigenvalue weighted by Gasteiger charge is 2.21. The summed E-state index contributed by atoms with van der Waals surface area (Å²) in [7, 11) is 1.99. The van der Waals surface area contributed by atoms with Crippen molar-refractivity contribution in [3.05, 3.63) is 29.6 Å². The minimum absolute atomic E-state index is 0. The molecule has 0 saturated heterocycles. The fourth-order valence-corrected chi connectivity index (χ4v) is 3.33. The van der Waals surface area contributed by atoms with E-state index in [-0.39, 0.29) is 40.9 Å². The van der Waals surface area contributed by atoms with Gasteiger partial charge in [-0.25, -0.2) is 12.8 Å². The Kier molecular flexibility index (Phi) is 10.6. The van der Waals surface area contributed by atoms with E-state index in [9.17, 15) is 12.8 Å². The Balaban J connectivity index is 0.00000676. The monoisotopic (exact) mass is 515 g/mol. The van der Waals surface area contributed by atoms with Crippen LogP contribution in [-0.2, 0) is 16.4 Å². The molecule has 1 N–H and O–H groups in total. The van der Waals surface area contributed by atoms with Crippen molar-refractivity contribution in [2.45, 2.75) is 26.8 Å². The first kappa shape index (κ1) is 25.9. The van der Waals surface area contributed by atoms with Gasteiger partial charge in [-0.1, -0.05) is 19.9 Å². The molecule has 0 heterocycles. The number of hydrogen-bond donors (Lipinski definition) is 1. The van der Waals surface area contributed by atoms with Gasteiger partial charge in [0.05, 0.1) is 12.9 Å². The fraction of sp³-hybridized carbons (Fsp3) is 0.611. The van der Waals surface area contributed by atoms with Crippen molar-refractivity contribution in [1.82, 2.24) is 10.2 Å². The number of benzene rings is 1. The highest BCUT2D eigenvalue weighted by molar-refractivity contribution is 14.0. The zero-order chi connectivity index (χ0) is 20.0. The molecular formula is C18H31FIN3O3S. The summed E-state index contributed by atoms with van der Waals surface area (Å²) in [6, 6.07) is 4.85. The van der Waals surface area contributed by atoms with Crippen LogP contribution in [0.5, 0.6) is 5.75 Å². The number of guanidine groups is 1. The smallest absolute Gasteiger partial charge is 0.193 e. The van der Waals surface area contributed by atoms with Crippen LogP contribution in [0.2, 0.25) is 0 Å². The summed E-state index contributed by atoms with van der Waals surface area (Å²) in [5, 5.41) is 3.27. The highest BCUT2D eigenvalue weighted by atomic mass is 127. The quantitative estimate of drug-likeness (QED) is 0.328. The molecule has 0 aliphatic heterocycles. The molecule has 0 saturated carbocycles. The topological polar surface area (TPSA) is 71.0 Å². The number of sulfone groups is 1. The number of nitrogens with one attached hydrogen (secondary N) is 1. The van der Waals surface area contributed by atoms with Gasteiger partial charge in [0.25, 0.3) is 0 Å². The second-order valence-electron chi connectivity index (χ2n) is 7.27. The van der Waals surface area contributed by atoms with Gasteiger partial charge in [-0.15, -0.1) is 24.0 Å². The number of nitrogens with zero attached hydrogens (tertiary/aromatic N) is 2. The molecule has 0 atom stereocenters. The van der Waals surface area contributed by atoms with Crippen molar-refractivity contribution in [2.24, 2.45) is 10.4 Å². The van der Waals surface area contributed by atoms with Crippen LogP contribution in [0.25, 0.3) is 0 Å². The van der Waals surface area contributed by atoms with Gasteiger partial charge in [0, 0.05) is 33.4 Å². The maximum Gasteiger partial charge on any atom is 0.193 e. The number of rotatable bonds is 8. The first-order chi connectivity index (χ1) is 12.0. The Bertz CT molecular complexity index is 739. The van der Waals surface area contributed by atoms with Crippen molar-refractivity contribution >= 4 is 39.8 Å². The highest BCUT2D eigenvalue weighted by Crippen LogP contribution is 2.20. The molecule has 0 aliphatic rings. The number of hydrogen-bond acceptors (Lipinski definition) is 4. The second kappa shape index (κ2) is 11.0. The molecule has 6 nitrogen and oxygen atoms in total. The molecule has 0 aliphatic carbocycles. The molecule has 1 rings (SSSR count). The van der Waals surface area contributed by atoms with Crippen molar-refractivity contribution in [3.63, 3.8) is 0 Å². The number of ether oxygens (including phenoxy) is 1. The molecule has 0 amide bonds. The van der Waals surface area contributed by atoms with Crippen LogP contribution in [0.3, 0.4) is 0 Å². The lowest BCUT2D eigenvalue weighted by Crippen LogP contribution is -2.43. The van der Waals surface area contributed by atoms with Crippen LogP contribution in [-0.4, -0.2) is 59.0 Å². The van der Waals surface area contributed by atoms with E-state index in [0.29, 0.717) is 25.5 Å². The molecule has 0 bridgehead atoms. The third-order valence-electron chi connectivity index (χ3n) is 4.08. The van der Waals surface area contributed by atoms with Crippen LogP contribution in [0.1, 0.15) is 25.8 Å². The lowest BCUT2D eigenvalue weighted by Gasteiger charge is -2.29. The van der Waals surface area contributed by atoms with Gasteiger partial charge in [0.1, 0.15) is 9.84 Å². The Morgan fingerprint density at radius 2 is 2.00 bits per heavy atom. The van der Waals surface area contributed by atoms with E-state index in [1.165, 1.54) is 19.4 Å². The van der Waals surface area contributed by atoms with E-state index in [2.05, 4.69) is 10.3 Å². The minimum atomic E-state index is -2.98. The van der Waals surface area contributed by atoms with Crippen LogP contribution in [0, 0.1) is 11.2 Å². The minimum Gasteiger partial charge on any atom is -0.494 e. The van der Waals surface area contributed by atoms with Crippen molar-refractivity contribution in [3.8, 4) is 5.75 Å². The Morgan fingerprint density at radius 3 is 2.48 bits per heavy atom. The summed E-state index contributed by atoms with van der Waals surface area (Å²) in [4.78, 5) is 6.13. The van der Waals surface area contributed by atoms with E-state index in [0.717, 1.165) is 5.56 Å². The molecule has 0 aromatic heterocycles. The van der Waals surface area contributed by atoms with E-state index < -0.39 is 15.7 Å². The van der Waals surface area contributed by atoms with E-state index >= 15 is 0 Å². The maximum absolute atomic E-state index is 13.8. The summed E-state index contributed by atoms with van der Waals surface area (Å²) < 4.78 is 41.5. The number of methoxy groups -OCH3 is 1. The van der Waals surface area contributed by atoms with Gasteiger partial charge in [0.2, 0.25) is 0 Å². The standard InChI is InChI=1S/C18H30FN3O3S.HI/c1-18(2,9-10-26(6,23)24)13-21-17(20-3)22(4)12-14-7-8-16(25-5)15(19)11-14;/h7-8,11H,9-10,12-13H2,1-6H3,(H,20,21);1H. The SMILES string of the molecule is CN=C(NCC(C)(C)CCS(C)(=O)=O)N(C)Cc1ccc(OC)c(F)c1.I. The molecule has 1 aromatic carbocycles. The van der Waals surface area contributed by atoms with Crippen molar-refractivity contribution in [2.75, 3.05) is 39.8 Å². The molecule has 0 unspecified atom stereocenters. The van der Waals surface area contributed by atoms with E-state index in [1.54, 1.807) is 13.1 Å². The van der Waals surface area contributed by atoms with Gasteiger partial charge in [0.15, 0.2) is 17.5 Å². The van der Waals surface area contributed by atoms with Gasteiger partial charge < -0.3 is 15.0 Å². The molecule has 0 radical (unpaired) electrons. The predicted molar refractivity (Wildman–Crippen MR) is 119 cm³/mol. The van der Waals surface area contributed by atoms with Crippen LogP contribution < -0.4 is 10.1 Å². The first-order valence-corrected chi connectivity index (χ1v) is 10.5. The van der Waals surface area contributed by atoms with Gasteiger partial charge in [-0.3, -0.25) is 4.99 Å².